The van der Waals surface area contributed by atoms with Gasteiger partial charge in [0.15, 0.2) is 6.10 Å². The highest BCUT2D eigenvalue weighted by Crippen LogP contribution is 2.16. The van der Waals surface area contributed by atoms with Crippen LogP contribution in [0.25, 0.3) is 0 Å². The molecule has 492 valence electrons. The number of rotatable bonds is 63. The molecule has 0 aromatic rings. The average Bonchev–Trinajstić information content (AvgIpc) is 3.54. The van der Waals surface area contributed by atoms with E-state index in [-0.39, 0.29) is 25.2 Å². The largest absolute Gasteiger partial charge is 0.462 e. The standard InChI is InChI=1S/C83H130O5/c1-3-5-7-9-11-13-15-17-19-21-23-25-27-29-31-33-35-37-39-40-41-42-44-46-48-50-52-54-56-58-60-62-64-66-68-70-72-74-76-78-83(86)88-81(79-84)80-87-82(85)77-75-73-71-69-67-65-63-61-59-57-55-53-51-49-47-45-43-38-36-34-32-30-28-26-24-22-20-18-16-14-12-10-8-6-4-2/h5-8,11-14,17-20,23-26,29-32,35-38,40-41,44,46,50,52,56,58,62,64,81,84H,3-4,9-10,15-16,21-22,27-28,33-34,39,42-43,45,47-49,51,53-55,57,59-61,63,65-80H2,1-2H3/b7-5-,8-6-,13-11-,14-12-,19-17-,20-18-,25-23-,26-24-,31-29-,32-30-,37-35-,38-36-,41-40-,46-44-,52-50-,58-56-,64-62-. The highest BCUT2D eigenvalue weighted by atomic mass is 16.6. The van der Waals surface area contributed by atoms with Crippen molar-refractivity contribution in [2.75, 3.05) is 13.2 Å². The molecule has 0 heterocycles. The molecule has 0 fully saturated rings. The second-order valence-electron chi connectivity index (χ2n) is 22.8. The zero-order chi connectivity index (χ0) is 63.3. The Morgan fingerprint density at radius 2 is 0.455 bits per heavy atom. The van der Waals surface area contributed by atoms with Crippen LogP contribution in [-0.4, -0.2) is 36.4 Å². The number of allylic oxidation sites excluding steroid dienone is 34. The maximum atomic E-state index is 12.4. The maximum Gasteiger partial charge on any atom is 0.306 e. The molecule has 0 saturated carbocycles. The SMILES string of the molecule is CC/C=C\C/C=C\C/C=C\C/C=C\C/C=C\C/C=C\C/C=C\C/C=C\C/C=C\C/C=C\C/C=C\CCCCCCCC(=O)OC(CO)COC(=O)CCCCCCCCCCCCCCCCCC/C=C\C/C=C\C/C=C\C/C=C\C/C=C\C/C=C\CC. The predicted molar refractivity (Wildman–Crippen MR) is 389 cm³/mol. The van der Waals surface area contributed by atoms with Gasteiger partial charge in [-0.1, -0.05) is 330 Å². The molecule has 1 unspecified atom stereocenters. The van der Waals surface area contributed by atoms with Gasteiger partial charge in [0.2, 0.25) is 0 Å². The molecule has 0 aliphatic rings. The van der Waals surface area contributed by atoms with E-state index in [9.17, 15) is 14.7 Å². The Hall–Kier alpha value is -5.52. The van der Waals surface area contributed by atoms with Gasteiger partial charge in [-0.25, -0.2) is 0 Å². The summed E-state index contributed by atoms with van der Waals surface area (Å²) in [5, 5.41) is 9.71. The lowest BCUT2D eigenvalue weighted by Gasteiger charge is -2.15. The molecule has 0 spiro atoms. The molecular formula is C83H130O5. The van der Waals surface area contributed by atoms with E-state index >= 15 is 0 Å². The van der Waals surface area contributed by atoms with Gasteiger partial charge in [-0.15, -0.1) is 0 Å². The van der Waals surface area contributed by atoms with E-state index in [1.165, 1.54) is 89.9 Å². The van der Waals surface area contributed by atoms with Crippen LogP contribution in [0.1, 0.15) is 284 Å². The van der Waals surface area contributed by atoms with Crippen molar-refractivity contribution in [1.29, 1.82) is 0 Å². The van der Waals surface area contributed by atoms with Crippen molar-refractivity contribution in [3.05, 3.63) is 207 Å². The Kier molecular flexibility index (Phi) is 71.0. The summed E-state index contributed by atoms with van der Waals surface area (Å²) in [6.45, 7) is 3.90. The Labute approximate surface area is 542 Å². The molecule has 0 aromatic heterocycles. The van der Waals surface area contributed by atoms with Crippen LogP contribution in [0.3, 0.4) is 0 Å². The fourth-order valence-corrected chi connectivity index (χ4v) is 9.33. The first-order chi connectivity index (χ1) is 43.6. The minimum Gasteiger partial charge on any atom is -0.462 e. The van der Waals surface area contributed by atoms with Crippen molar-refractivity contribution in [2.45, 2.75) is 290 Å². The lowest BCUT2D eigenvalue weighted by Crippen LogP contribution is -2.28. The maximum absolute atomic E-state index is 12.4. The summed E-state index contributed by atoms with van der Waals surface area (Å²) in [5.74, 6) is -0.621. The Balaban J connectivity index is 3.60. The van der Waals surface area contributed by atoms with Crippen LogP contribution < -0.4 is 0 Å². The second-order valence-corrected chi connectivity index (χ2v) is 22.8. The van der Waals surface area contributed by atoms with Gasteiger partial charge >= 0.3 is 11.9 Å². The Morgan fingerprint density at radius 3 is 0.682 bits per heavy atom. The summed E-state index contributed by atoms with van der Waals surface area (Å²) < 4.78 is 10.7. The molecule has 1 atom stereocenters. The second kappa shape index (κ2) is 75.7. The van der Waals surface area contributed by atoms with Gasteiger partial charge in [0, 0.05) is 12.8 Å². The number of aliphatic hydroxyl groups is 1. The zero-order valence-electron chi connectivity index (χ0n) is 56.4. The number of hydrogen-bond acceptors (Lipinski definition) is 5. The first kappa shape index (κ1) is 82.5. The van der Waals surface area contributed by atoms with E-state index < -0.39 is 6.10 Å². The fourth-order valence-electron chi connectivity index (χ4n) is 9.33. The van der Waals surface area contributed by atoms with Crippen LogP contribution in [0.5, 0.6) is 0 Å². The molecule has 0 aliphatic heterocycles. The molecule has 5 nitrogen and oxygen atoms in total. The van der Waals surface area contributed by atoms with Crippen molar-refractivity contribution in [2.24, 2.45) is 0 Å². The predicted octanol–water partition coefficient (Wildman–Crippen LogP) is 25.3. The molecule has 5 heteroatoms. The third-order valence-electron chi connectivity index (χ3n) is 14.6. The van der Waals surface area contributed by atoms with E-state index in [0.717, 1.165) is 167 Å². The van der Waals surface area contributed by atoms with Gasteiger partial charge in [-0.05, 0) is 148 Å². The van der Waals surface area contributed by atoms with Gasteiger partial charge < -0.3 is 14.6 Å². The van der Waals surface area contributed by atoms with E-state index in [4.69, 9.17) is 9.47 Å². The first-order valence-electron chi connectivity index (χ1n) is 35.6. The third kappa shape index (κ3) is 73.0. The van der Waals surface area contributed by atoms with Gasteiger partial charge in [0.05, 0.1) is 6.61 Å². The van der Waals surface area contributed by atoms with Crippen LogP contribution in [0.15, 0.2) is 207 Å². The molecule has 0 bridgehead atoms. The number of carbonyl (C=O) groups is 2. The summed E-state index contributed by atoms with van der Waals surface area (Å²) in [4.78, 5) is 24.7. The number of aliphatic hydroxyl groups excluding tert-OH is 1. The van der Waals surface area contributed by atoms with E-state index in [2.05, 4.69) is 220 Å². The summed E-state index contributed by atoms with van der Waals surface area (Å²) in [6.07, 6.45) is 121. The average molecular weight is 1210 g/mol. The molecular weight excluding hydrogens is 1080 g/mol. The molecule has 0 amide bonds. The monoisotopic (exact) mass is 1210 g/mol. The van der Waals surface area contributed by atoms with Gasteiger partial charge in [0.1, 0.15) is 6.61 Å². The smallest absolute Gasteiger partial charge is 0.306 e. The highest BCUT2D eigenvalue weighted by molar-refractivity contribution is 5.70. The number of esters is 2. The van der Waals surface area contributed by atoms with Gasteiger partial charge in [-0.3, -0.25) is 9.59 Å². The zero-order valence-corrected chi connectivity index (χ0v) is 56.4. The normalized spacial score (nSPS) is 13.5. The molecule has 88 heavy (non-hydrogen) atoms. The van der Waals surface area contributed by atoms with Crippen LogP contribution in [0.4, 0.5) is 0 Å². The summed E-state index contributed by atoms with van der Waals surface area (Å²) in [7, 11) is 0. The summed E-state index contributed by atoms with van der Waals surface area (Å²) >= 11 is 0. The van der Waals surface area contributed by atoms with Crippen molar-refractivity contribution in [1.82, 2.24) is 0 Å². The van der Waals surface area contributed by atoms with Crippen LogP contribution >= 0.6 is 0 Å². The van der Waals surface area contributed by atoms with Crippen molar-refractivity contribution < 1.29 is 24.2 Å². The van der Waals surface area contributed by atoms with Crippen LogP contribution in [0.2, 0.25) is 0 Å². The van der Waals surface area contributed by atoms with E-state index in [1.807, 2.05) is 0 Å². The third-order valence-corrected chi connectivity index (χ3v) is 14.6. The Morgan fingerprint density at radius 1 is 0.261 bits per heavy atom. The number of unbranched alkanes of at least 4 members (excludes halogenated alkanes) is 21. The minimum absolute atomic E-state index is 0.0850. The summed E-state index contributed by atoms with van der Waals surface area (Å²) in [5.41, 5.74) is 0. The summed E-state index contributed by atoms with van der Waals surface area (Å²) in [6, 6.07) is 0. The van der Waals surface area contributed by atoms with Crippen molar-refractivity contribution in [3.8, 4) is 0 Å². The van der Waals surface area contributed by atoms with Crippen LogP contribution in [-0.2, 0) is 19.1 Å². The molecule has 0 aliphatic carbocycles. The molecule has 0 saturated heterocycles. The van der Waals surface area contributed by atoms with Gasteiger partial charge in [0.25, 0.3) is 0 Å². The van der Waals surface area contributed by atoms with Crippen molar-refractivity contribution >= 4 is 11.9 Å². The van der Waals surface area contributed by atoms with E-state index in [1.54, 1.807) is 0 Å². The number of carbonyl (C=O) groups excluding carboxylic acids is 2. The topological polar surface area (TPSA) is 72.8 Å². The van der Waals surface area contributed by atoms with Gasteiger partial charge in [-0.2, -0.15) is 0 Å². The Bertz CT molecular complexity index is 2050. The highest BCUT2D eigenvalue weighted by Gasteiger charge is 2.16. The molecule has 0 radical (unpaired) electrons. The van der Waals surface area contributed by atoms with Crippen molar-refractivity contribution in [3.63, 3.8) is 0 Å². The van der Waals surface area contributed by atoms with Crippen LogP contribution in [0, 0.1) is 0 Å². The number of hydrogen-bond donors (Lipinski definition) is 1. The molecule has 0 aromatic carbocycles. The quantitative estimate of drug-likeness (QED) is 0.0373. The molecule has 0 rings (SSSR count). The lowest BCUT2D eigenvalue weighted by molar-refractivity contribution is -0.161. The molecule has 1 N–H and O–H groups in total. The van der Waals surface area contributed by atoms with E-state index in [0.29, 0.717) is 12.8 Å². The minimum atomic E-state index is -0.799. The fraction of sp³-hybridized carbons (Fsp3) is 0.566. The lowest BCUT2D eigenvalue weighted by atomic mass is 10.0. The first-order valence-corrected chi connectivity index (χ1v) is 35.6. The number of ether oxygens (including phenoxy) is 2.